The molecule has 5 heteroatoms. The van der Waals surface area contributed by atoms with Crippen molar-refractivity contribution < 1.29 is 9.90 Å². The summed E-state index contributed by atoms with van der Waals surface area (Å²) in [5.74, 6) is -0.276. The quantitative estimate of drug-likeness (QED) is 0.772. The van der Waals surface area contributed by atoms with Crippen molar-refractivity contribution in [1.82, 2.24) is 9.97 Å². The van der Waals surface area contributed by atoms with Crippen LogP contribution in [0.25, 0.3) is 11.0 Å². The molecule has 5 nitrogen and oxygen atoms in total. The number of carbonyl (C=O) groups is 1. The number of hydrogen-bond acceptors (Lipinski definition) is 4. The Labute approximate surface area is 121 Å². The maximum atomic E-state index is 12.4. The molecule has 21 heavy (non-hydrogen) atoms. The van der Waals surface area contributed by atoms with Gasteiger partial charge >= 0.3 is 0 Å². The van der Waals surface area contributed by atoms with Crippen LogP contribution in [-0.2, 0) is 6.61 Å². The number of aliphatic hydroxyl groups is 1. The SMILES string of the molecule is O=C(Nc1ccccc1CO)c1cccc2nccnc12. The molecule has 0 saturated carbocycles. The highest BCUT2D eigenvalue weighted by Crippen LogP contribution is 2.19. The molecule has 3 rings (SSSR count). The Balaban J connectivity index is 1.98. The van der Waals surface area contributed by atoms with Gasteiger partial charge in [0, 0.05) is 23.6 Å². The van der Waals surface area contributed by atoms with Gasteiger partial charge in [-0.3, -0.25) is 14.8 Å². The van der Waals surface area contributed by atoms with Gasteiger partial charge in [-0.05, 0) is 18.2 Å². The summed E-state index contributed by atoms with van der Waals surface area (Å²) < 4.78 is 0. The highest BCUT2D eigenvalue weighted by molar-refractivity contribution is 6.11. The Morgan fingerprint density at radius 2 is 1.86 bits per heavy atom. The third kappa shape index (κ3) is 2.59. The van der Waals surface area contributed by atoms with Crippen LogP contribution in [-0.4, -0.2) is 21.0 Å². The fourth-order valence-electron chi connectivity index (χ4n) is 2.15. The Bertz CT molecular complexity index is 797. The molecular weight excluding hydrogens is 266 g/mol. The minimum atomic E-state index is -0.276. The summed E-state index contributed by atoms with van der Waals surface area (Å²) in [5.41, 5.74) is 2.93. The molecular formula is C16H13N3O2. The molecule has 104 valence electrons. The fourth-order valence-corrected chi connectivity index (χ4v) is 2.15. The largest absolute Gasteiger partial charge is 0.392 e. The van der Waals surface area contributed by atoms with Gasteiger partial charge in [-0.25, -0.2) is 0 Å². The highest BCUT2D eigenvalue weighted by Gasteiger charge is 2.12. The summed E-state index contributed by atoms with van der Waals surface area (Å²) in [6.45, 7) is -0.133. The van der Waals surface area contributed by atoms with Crippen LogP contribution in [0, 0.1) is 0 Å². The molecule has 0 atom stereocenters. The van der Waals surface area contributed by atoms with E-state index in [1.807, 2.05) is 6.07 Å². The van der Waals surface area contributed by atoms with E-state index in [1.165, 1.54) is 0 Å². The molecule has 2 N–H and O–H groups in total. The van der Waals surface area contributed by atoms with Gasteiger partial charge in [0.2, 0.25) is 0 Å². The van der Waals surface area contributed by atoms with Gasteiger partial charge < -0.3 is 10.4 Å². The summed E-state index contributed by atoms with van der Waals surface area (Å²) in [7, 11) is 0. The first-order valence-electron chi connectivity index (χ1n) is 6.49. The predicted molar refractivity (Wildman–Crippen MR) is 79.9 cm³/mol. The van der Waals surface area contributed by atoms with Crippen molar-refractivity contribution in [3.05, 3.63) is 66.0 Å². The molecule has 0 aliphatic heterocycles. The lowest BCUT2D eigenvalue weighted by Crippen LogP contribution is -2.14. The molecule has 2 aromatic carbocycles. The molecule has 0 aliphatic rings. The Hall–Kier alpha value is -2.79. The van der Waals surface area contributed by atoms with Crippen molar-refractivity contribution in [3.63, 3.8) is 0 Å². The summed E-state index contributed by atoms with van der Waals surface area (Å²) in [5, 5.41) is 12.1. The van der Waals surface area contributed by atoms with Gasteiger partial charge in [0.15, 0.2) is 0 Å². The van der Waals surface area contributed by atoms with Crippen LogP contribution in [0.4, 0.5) is 5.69 Å². The van der Waals surface area contributed by atoms with E-state index in [2.05, 4.69) is 15.3 Å². The smallest absolute Gasteiger partial charge is 0.257 e. The number of fused-ring (bicyclic) bond motifs is 1. The van der Waals surface area contributed by atoms with Crippen molar-refractivity contribution in [2.75, 3.05) is 5.32 Å². The van der Waals surface area contributed by atoms with Crippen LogP contribution < -0.4 is 5.32 Å². The molecule has 0 aliphatic carbocycles. The van der Waals surface area contributed by atoms with Crippen LogP contribution in [0.15, 0.2) is 54.9 Å². The van der Waals surface area contributed by atoms with E-state index in [-0.39, 0.29) is 12.5 Å². The molecule has 0 unspecified atom stereocenters. The molecule has 1 aromatic heterocycles. The van der Waals surface area contributed by atoms with E-state index < -0.39 is 0 Å². The van der Waals surface area contributed by atoms with Gasteiger partial charge in [-0.15, -0.1) is 0 Å². The molecule has 0 saturated heterocycles. The fraction of sp³-hybridized carbons (Fsp3) is 0.0625. The first kappa shape index (κ1) is 13.2. The summed E-state index contributed by atoms with van der Waals surface area (Å²) in [6.07, 6.45) is 3.14. The lowest BCUT2D eigenvalue weighted by atomic mass is 10.1. The molecule has 0 radical (unpaired) electrons. The van der Waals surface area contributed by atoms with Crippen molar-refractivity contribution in [3.8, 4) is 0 Å². The van der Waals surface area contributed by atoms with Crippen LogP contribution >= 0.6 is 0 Å². The second-order valence-corrected chi connectivity index (χ2v) is 4.50. The van der Waals surface area contributed by atoms with Crippen LogP contribution in [0.2, 0.25) is 0 Å². The van der Waals surface area contributed by atoms with Crippen molar-refractivity contribution >= 4 is 22.6 Å². The van der Waals surface area contributed by atoms with Crippen molar-refractivity contribution in [1.29, 1.82) is 0 Å². The molecule has 0 fully saturated rings. The number of aliphatic hydroxyl groups excluding tert-OH is 1. The average Bonchev–Trinajstić information content (AvgIpc) is 2.54. The molecule has 0 bridgehead atoms. The standard InChI is InChI=1S/C16H13N3O2/c20-10-11-4-1-2-6-13(11)19-16(21)12-5-3-7-14-15(12)18-9-8-17-14/h1-9,20H,10H2,(H,19,21). The number of benzene rings is 2. The van der Waals surface area contributed by atoms with E-state index in [1.54, 1.807) is 48.8 Å². The summed E-state index contributed by atoms with van der Waals surface area (Å²) in [4.78, 5) is 20.8. The topological polar surface area (TPSA) is 75.1 Å². The normalized spacial score (nSPS) is 10.5. The first-order chi connectivity index (χ1) is 10.3. The monoisotopic (exact) mass is 279 g/mol. The van der Waals surface area contributed by atoms with Crippen LogP contribution in [0.1, 0.15) is 15.9 Å². The number of anilines is 1. The number of carbonyl (C=O) groups excluding carboxylic acids is 1. The van der Waals surface area contributed by atoms with Gasteiger partial charge in [-0.2, -0.15) is 0 Å². The van der Waals surface area contributed by atoms with E-state index in [0.29, 0.717) is 27.8 Å². The maximum absolute atomic E-state index is 12.4. The van der Waals surface area contributed by atoms with Gasteiger partial charge in [0.25, 0.3) is 5.91 Å². The van der Waals surface area contributed by atoms with E-state index in [4.69, 9.17) is 0 Å². The lowest BCUT2D eigenvalue weighted by Gasteiger charge is -2.10. The third-order valence-corrected chi connectivity index (χ3v) is 3.18. The van der Waals surface area contributed by atoms with Crippen molar-refractivity contribution in [2.45, 2.75) is 6.61 Å². The number of rotatable bonds is 3. The molecule has 1 amide bonds. The minimum Gasteiger partial charge on any atom is -0.392 e. The Kier molecular flexibility index (Phi) is 3.57. The van der Waals surface area contributed by atoms with E-state index in [9.17, 15) is 9.90 Å². The first-order valence-corrected chi connectivity index (χ1v) is 6.49. The number of para-hydroxylation sites is 2. The van der Waals surface area contributed by atoms with Gasteiger partial charge in [0.05, 0.1) is 17.7 Å². The molecule has 0 spiro atoms. The van der Waals surface area contributed by atoms with E-state index >= 15 is 0 Å². The highest BCUT2D eigenvalue weighted by atomic mass is 16.3. The van der Waals surface area contributed by atoms with E-state index in [0.717, 1.165) is 0 Å². The summed E-state index contributed by atoms with van der Waals surface area (Å²) in [6, 6.07) is 12.4. The molecule has 1 heterocycles. The van der Waals surface area contributed by atoms with Gasteiger partial charge in [-0.1, -0.05) is 24.3 Å². The number of aromatic nitrogens is 2. The van der Waals surface area contributed by atoms with Crippen LogP contribution in [0.3, 0.4) is 0 Å². The number of nitrogens with one attached hydrogen (secondary N) is 1. The minimum absolute atomic E-state index is 0.133. The zero-order chi connectivity index (χ0) is 14.7. The molecule has 3 aromatic rings. The number of amides is 1. The number of hydrogen-bond donors (Lipinski definition) is 2. The maximum Gasteiger partial charge on any atom is 0.257 e. The zero-order valence-corrected chi connectivity index (χ0v) is 11.2. The van der Waals surface area contributed by atoms with Gasteiger partial charge in [0.1, 0.15) is 5.52 Å². The second-order valence-electron chi connectivity index (χ2n) is 4.50. The lowest BCUT2D eigenvalue weighted by molar-refractivity contribution is 0.102. The zero-order valence-electron chi connectivity index (χ0n) is 11.2. The summed E-state index contributed by atoms with van der Waals surface area (Å²) >= 11 is 0. The van der Waals surface area contributed by atoms with Crippen LogP contribution in [0.5, 0.6) is 0 Å². The second kappa shape index (κ2) is 5.68. The third-order valence-electron chi connectivity index (χ3n) is 3.18. The number of nitrogens with zero attached hydrogens (tertiary/aromatic N) is 2. The Morgan fingerprint density at radius 3 is 2.71 bits per heavy atom. The Morgan fingerprint density at radius 1 is 1.05 bits per heavy atom. The predicted octanol–water partition coefficient (Wildman–Crippen LogP) is 2.37. The van der Waals surface area contributed by atoms with Crippen molar-refractivity contribution in [2.24, 2.45) is 0 Å². The average molecular weight is 279 g/mol.